The maximum atomic E-state index is 13.2. The van der Waals surface area contributed by atoms with Crippen LogP contribution in [0.25, 0.3) is 0 Å². The van der Waals surface area contributed by atoms with Crippen LogP contribution in [0.2, 0.25) is 0 Å². The van der Waals surface area contributed by atoms with Crippen LogP contribution in [-0.2, 0) is 19.6 Å². The minimum atomic E-state index is -3.58. The van der Waals surface area contributed by atoms with E-state index < -0.39 is 21.5 Å². The number of likely N-dealkylation sites (tertiary alicyclic amines) is 1. The van der Waals surface area contributed by atoms with Crippen molar-refractivity contribution in [3.63, 3.8) is 0 Å². The van der Waals surface area contributed by atoms with Gasteiger partial charge in [0, 0.05) is 39.3 Å². The first-order chi connectivity index (χ1) is 19.2. The van der Waals surface area contributed by atoms with E-state index in [2.05, 4.69) is 21.5 Å². The zero-order valence-electron chi connectivity index (χ0n) is 22.9. The molecule has 1 saturated carbocycles. The molecule has 3 heterocycles. The van der Waals surface area contributed by atoms with Gasteiger partial charge < -0.3 is 4.90 Å². The van der Waals surface area contributed by atoms with E-state index in [1.807, 2.05) is 9.91 Å². The summed E-state index contributed by atoms with van der Waals surface area (Å²) >= 11 is 0. The van der Waals surface area contributed by atoms with Crippen molar-refractivity contribution in [1.29, 1.82) is 5.26 Å². The van der Waals surface area contributed by atoms with Gasteiger partial charge >= 0.3 is 0 Å². The quantitative estimate of drug-likeness (QED) is 0.560. The molecule has 3 aliphatic heterocycles. The highest BCUT2D eigenvalue weighted by atomic mass is 32.2. The Balaban J connectivity index is 1.40. The molecule has 4 aliphatic rings. The van der Waals surface area contributed by atoms with Gasteiger partial charge in [0.15, 0.2) is 0 Å². The highest BCUT2D eigenvalue weighted by Crippen LogP contribution is 2.41. The fraction of sp³-hybridized carbons (Fsp3) is 0.536. The Morgan fingerprint density at radius 1 is 1.18 bits per heavy atom. The fourth-order valence-electron chi connectivity index (χ4n) is 6.09. The molecule has 0 aromatic heterocycles. The van der Waals surface area contributed by atoms with Crippen LogP contribution < -0.4 is 5.43 Å². The Morgan fingerprint density at radius 3 is 2.48 bits per heavy atom. The normalized spacial score (nSPS) is 24.1. The lowest BCUT2D eigenvalue weighted by atomic mass is 9.82. The molecule has 1 aromatic rings. The van der Waals surface area contributed by atoms with E-state index in [0.29, 0.717) is 43.2 Å². The molecule has 1 aromatic carbocycles. The second kappa shape index (κ2) is 11.1. The molecular formula is C28H35N7O4S. The minimum absolute atomic E-state index is 0.0965. The van der Waals surface area contributed by atoms with Crippen molar-refractivity contribution in [2.75, 3.05) is 27.2 Å². The van der Waals surface area contributed by atoms with Gasteiger partial charge in [-0.15, -0.1) is 0 Å². The third-order valence-corrected chi connectivity index (χ3v) is 10.3. The molecule has 11 nitrogen and oxygen atoms in total. The third-order valence-electron chi connectivity index (χ3n) is 8.46. The summed E-state index contributed by atoms with van der Waals surface area (Å²) in [7, 11) is -0.646. The number of carbonyl (C=O) groups is 2. The number of allylic oxidation sites excluding steroid dienone is 1. The van der Waals surface area contributed by atoms with E-state index in [4.69, 9.17) is 0 Å². The van der Waals surface area contributed by atoms with Crippen molar-refractivity contribution < 1.29 is 18.0 Å². The topological polar surface area (TPSA) is 139 Å². The Morgan fingerprint density at radius 2 is 1.85 bits per heavy atom. The Labute approximate surface area is 235 Å². The van der Waals surface area contributed by atoms with Crippen molar-refractivity contribution in [3.05, 3.63) is 36.0 Å². The molecule has 1 aliphatic carbocycles. The number of nitriles is 1. The van der Waals surface area contributed by atoms with Gasteiger partial charge in [-0.2, -0.15) is 5.26 Å². The largest absolute Gasteiger partial charge is 0.342 e. The number of hydrogen-bond donors (Lipinski definition) is 1. The molecule has 5 rings (SSSR count). The van der Waals surface area contributed by atoms with Crippen LogP contribution in [0, 0.1) is 23.2 Å². The molecule has 0 spiro atoms. The first-order valence-corrected chi connectivity index (χ1v) is 15.2. The summed E-state index contributed by atoms with van der Waals surface area (Å²) in [6, 6.07) is 8.48. The van der Waals surface area contributed by atoms with E-state index in [1.165, 1.54) is 38.9 Å². The molecule has 12 heteroatoms. The summed E-state index contributed by atoms with van der Waals surface area (Å²) in [4.78, 5) is 36.9. The van der Waals surface area contributed by atoms with Crippen molar-refractivity contribution in [2.45, 2.75) is 61.8 Å². The molecule has 1 atom stereocenters. The number of amides is 2. The van der Waals surface area contributed by atoms with Gasteiger partial charge in [-0.3, -0.25) is 20.0 Å². The number of dihydropyridines is 1. The number of piperidine rings is 1. The summed E-state index contributed by atoms with van der Waals surface area (Å²) < 4.78 is 26.0. The molecular weight excluding hydrogens is 530 g/mol. The average Bonchev–Trinajstić information content (AvgIpc) is 3.34. The predicted molar refractivity (Wildman–Crippen MR) is 150 cm³/mol. The SMILES string of the molecule is CN(C)S(=O)(=O)c1ccc(N=C2NN(C3(CC#N)CCN(C(=O)C4CCCCC4)CC3)C3=CC=NC(=O)C32)cc1. The monoisotopic (exact) mass is 565 g/mol. The van der Waals surface area contributed by atoms with Gasteiger partial charge in [0.1, 0.15) is 11.8 Å². The van der Waals surface area contributed by atoms with E-state index in [-0.39, 0.29) is 29.0 Å². The second-order valence-corrected chi connectivity index (χ2v) is 13.2. The zero-order valence-corrected chi connectivity index (χ0v) is 23.7. The standard InChI is InChI=1S/C28H35N7O4S/c1-33(2)40(38,39)22-10-8-21(9-11-22)31-25-24-23(12-17-30-26(24)36)35(32-25)28(13-16-29)14-18-34(19-15-28)27(37)20-6-4-3-5-7-20/h8-12,17,20,24H,3-7,13-15,18-19H2,1-2H3,(H,31,32). The summed E-state index contributed by atoms with van der Waals surface area (Å²) in [5.74, 6) is -0.435. The number of aliphatic imine (C=N–C) groups is 2. The number of amidine groups is 1. The second-order valence-electron chi connectivity index (χ2n) is 11.1. The van der Waals surface area contributed by atoms with Crippen LogP contribution in [0.5, 0.6) is 0 Å². The summed E-state index contributed by atoms with van der Waals surface area (Å²) in [5.41, 5.74) is 3.83. The van der Waals surface area contributed by atoms with E-state index in [9.17, 15) is 23.3 Å². The number of hydrogen-bond acceptors (Lipinski definition) is 7. The molecule has 0 bridgehead atoms. The number of fused-ring (bicyclic) bond motifs is 1. The summed E-state index contributed by atoms with van der Waals surface area (Å²) in [5, 5.41) is 11.7. The average molecular weight is 566 g/mol. The summed E-state index contributed by atoms with van der Waals surface area (Å²) in [6.45, 7) is 1.09. The zero-order chi connectivity index (χ0) is 28.5. The molecule has 1 unspecified atom stereocenters. The number of hydrazine groups is 1. The third kappa shape index (κ3) is 5.15. The van der Waals surface area contributed by atoms with Crippen molar-refractivity contribution >= 4 is 39.6 Å². The Kier molecular flexibility index (Phi) is 7.79. The van der Waals surface area contributed by atoms with Crippen LogP contribution in [0.15, 0.2) is 50.9 Å². The van der Waals surface area contributed by atoms with Crippen LogP contribution in [-0.4, -0.2) is 79.2 Å². The molecule has 2 saturated heterocycles. The lowest BCUT2D eigenvalue weighted by molar-refractivity contribution is -0.139. The molecule has 1 N–H and O–H groups in total. The van der Waals surface area contributed by atoms with Crippen molar-refractivity contribution in [2.24, 2.45) is 21.8 Å². The predicted octanol–water partition coefficient (Wildman–Crippen LogP) is 2.75. The van der Waals surface area contributed by atoms with Crippen molar-refractivity contribution in [1.82, 2.24) is 19.6 Å². The van der Waals surface area contributed by atoms with Gasteiger partial charge in [0.2, 0.25) is 15.9 Å². The molecule has 40 heavy (non-hydrogen) atoms. The Hall–Kier alpha value is -3.56. The van der Waals surface area contributed by atoms with Crippen molar-refractivity contribution in [3.8, 4) is 6.07 Å². The Bertz CT molecular complexity index is 1390. The number of sulfonamides is 1. The highest BCUT2D eigenvalue weighted by Gasteiger charge is 2.50. The van der Waals surface area contributed by atoms with Gasteiger partial charge in [0.25, 0.3) is 5.91 Å². The lowest BCUT2D eigenvalue weighted by Gasteiger charge is -2.47. The van der Waals surface area contributed by atoms with Gasteiger partial charge in [-0.05, 0) is 56.0 Å². The fourth-order valence-corrected chi connectivity index (χ4v) is 6.99. The number of nitrogens with zero attached hydrogens (tertiary/aromatic N) is 6. The molecule has 2 amide bonds. The van der Waals surface area contributed by atoms with E-state index in [0.717, 1.165) is 30.0 Å². The number of benzene rings is 1. The maximum absolute atomic E-state index is 13.2. The first-order valence-electron chi connectivity index (χ1n) is 13.8. The van der Waals surface area contributed by atoms with Gasteiger partial charge in [-0.1, -0.05) is 19.3 Å². The smallest absolute Gasteiger partial charge is 0.262 e. The molecule has 0 radical (unpaired) electrons. The molecule has 3 fully saturated rings. The van der Waals surface area contributed by atoms with Crippen LogP contribution in [0.1, 0.15) is 51.4 Å². The summed E-state index contributed by atoms with van der Waals surface area (Å²) in [6.07, 6.45) is 9.89. The van der Waals surface area contributed by atoms with Crippen LogP contribution in [0.3, 0.4) is 0 Å². The number of nitrogens with one attached hydrogen (secondary N) is 1. The first kappa shape index (κ1) is 28.0. The lowest BCUT2D eigenvalue weighted by Crippen LogP contribution is -2.58. The van der Waals surface area contributed by atoms with Gasteiger partial charge in [0.05, 0.1) is 34.3 Å². The number of carbonyl (C=O) groups excluding carboxylic acids is 2. The van der Waals surface area contributed by atoms with E-state index >= 15 is 0 Å². The van der Waals surface area contributed by atoms with E-state index in [1.54, 1.807) is 18.2 Å². The molecule has 212 valence electrons. The number of rotatable bonds is 6. The highest BCUT2D eigenvalue weighted by molar-refractivity contribution is 7.89. The maximum Gasteiger partial charge on any atom is 0.262 e. The van der Waals surface area contributed by atoms with Gasteiger partial charge in [-0.25, -0.2) is 22.7 Å². The van der Waals surface area contributed by atoms with Crippen LogP contribution in [0.4, 0.5) is 5.69 Å². The van der Waals surface area contributed by atoms with Crippen LogP contribution >= 0.6 is 0 Å². The minimum Gasteiger partial charge on any atom is -0.342 e.